The van der Waals surface area contributed by atoms with E-state index in [2.05, 4.69) is 57.2 Å². The van der Waals surface area contributed by atoms with Gasteiger partial charge in [0.1, 0.15) is 0 Å². The van der Waals surface area contributed by atoms with Crippen LogP contribution in [-0.4, -0.2) is 31.6 Å². The monoisotopic (exact) mass is 296 g/mol. The number of nitrogens with zero attached hydrogens (tertiary/aromatic N) is 1. The van der Waals surface area contributed by atoms with Crippen LogP contribution in [0.1, 0.15) is 45.2 Å². The molecule has 0 saturated heterocycles. The molecule has 20 heavy (non-hydrogen) atoms. The molecule has 0 bridgehead atoms. The highest BCUT2D eigenvalue weighted by molar-refractivity contribution is 6.30. The molecule has 3 heteroatoms. The van der Waals surface area contributed by atoms with Crippen molar-refractivity contribution in [1.29, 1.82) is 0 Å². The van der Waals surface area contributed by atoms with Crippen molar-refractivity contribution in [1.82, 2.24) is 10.2 Å². The molecule has 2 nitrogen and oxygen atoms in total. The molecule has 0 spiro atoms. The molecule has 0 aliphatic rings. The van der Waals surface area contributed by atoms with Crippen LogP contribution >= 0.6 is 11.6 Å². The first-order valence-corrected chi connectivity index (χ1v) is 7.96. The molecule has 0 fully saturated rings. The Bertz CT molecular complexity index is 363. The molecule has 2 atom stereocenters. The van der Waals surface area contributed by atoms with Gasteiger partial charge in [-0.05, 0) is 50.6 Å². The topological polar surface area (TPSA) is 15.3 Å². The Kier molecular flexibility index (Phi) is 7.57. The van der Waals surface area contributed by atoms with Crippen LogP contribution in [0.15, 0.2) is 24.3 Å². The third kappa shape index (κ3) is 6.25. The molecular formula is C17H29ClN2. The second-order valence-corrected chi connectivity index (χ2v) is 6.70. The molecule has 0 aliphatic heterocycles. The highest BCUT2D eigenvalue weighted by Crippen LogP contribution is 2.21. The average molecular weight is 297 g/mol. The van der Waals surface area contributed by atoms with E-state index in [-0.39, 0.29) is 0 Å². The summed E-state index contributed by atoms with van der Waals surface area (Å²) >= 11 is 5.98. The van der Waals surface area contributed by atoms with E-state index in [1.165, 1.54) is 12.0 Å². The van der Waals surface area contributed by atoms with Crippen molar-refractivity contribution < 1.29 is 0 Å². The number of rotatable bonds is 8. The van der Waals surface area contributed by atoms with Gasteiger partial charge in [-0.25, -0.2) is 0 Å². The van der Waals surface area contributed by atoms with Crippen LogP contribution in [0.3, 0.4) is 0 Å². The predicted octanol–water partition coefficient (Wildman–Crippen LogP) is 4.36. The summed E-state index contributed by atoms with van der Waals surface area (Å²) in [5, 5.41) is 4.62. The molecule has 114 valence electrons. The van der Waals surface area contributed by atoms with Crippen molar-refractivity contribution in [3.8, 4) is 0 Å². The van der Waals surface area contributed by atoms with E-state index in [0.717, 1.165) is 18.0 Å². The summed E-state index contributed by atoms with van der Waals surface area (Å²) in [6.45, 7) is 7.87. The first-order chi connectivity index (χ1) is 9.42. The number of nitrogens with one attached hydrogen (secondary N) is 1. The third-order valence-electron chi connectivity index (χ3n) is 3.46. The standard InChI is InChI=1S/C17H29ClN2/c1-6-17(14-7-9-15(18)10-8-14)19-16(11-13(2)3)12-20(4)5/h7-10,13,16-17,19H,6,11-12H2,1-5H3. The van der Waals surface area contributed by atoms with Gasteiger partial charge in [-0.3, -0.25) is 0 Å². The Balaban J connectivity index is 2.74. The van der Waals surface area contributed by atoms with Crippen LogP contribution in [0, 0.1) is 5.92 Å². The largest absolute Gasteiger partial charge is 0.308 e. The Morgan fingerprint density at radius 3 is 2.20 bits per heavy atom. The molecule has 0 amide bonds. The van der Waals surface area contributed by atoms with E-state index in [1.807, 2.05) is 12.1 Å². The molecule has 1 aromatic rings. The second-order valence-electron chi connectivity index (χ2n) is 6.27. The summed E-state index contributed by atoms with van der Waals surface area (Å²) in [6, 6.07) is 9.13. The molecule has 0 aromatic heterocycles. The number of halogens is 1. The van der Waals surface area contributed by atoms with Gasteiger partial charge < -0.3 is 10.2 Å². The third-order valence-corrected chi connectivity index (χ3v) is 3.71. The first-order valence-electron chi connectivity index (χ1n) is 7.58. The van der Waals surface area contributed by atoms with Crippen LogP contribution in [-0.2, 0) is 0 Å². The minimum Gasteiger partial charge on any atom is -0.308 e. The summed E-state index contributed by atoms with van der Waals surface area (Å²) in [5.41, 5.74) is 1.32. The maximum atomic E-state index is 5.98. The fourth-order valence-electron chi connectivity index (χ4n) is 2.63. The van der Waals surface area contributed by atoms with Gasteiger partial charge in [0, 0.05) is 23.7 Å². The zero-order chi connectivity index (χ0) is 15.1. The fourth-order valence-corrected chi connectivity index (χ4v) is 2.76. The van der Waals surface area contributed by atoms with E-state index in [9.17, 15) is 0 Å². The maximum Gasteiger partial charge on any atom is 0.0406 e. The normalized spacial score (nSPS) is 14.8. The Labute approximate surface area is 129 Å². The highest BCUT2D eigenvalue weighted by Gasteiger charge is 2.17. The second kappa shape index (κ2) is 8.66. The number of benzene rings is 1. The average Bonchev–Trinajstić information content (AvgIpc) is 2.35. The molecule has 0 saturated carbocycles. The summed E-state index contributed by atoms with van der Waals surface area (Å²) < 4.78 is 0. The lowest BCUT2D eigenvalue weighted by Crippen LogP contribution is -2.41. The van der Waals surface area contributed by atoms with Crippen molar-refractivity contribution in [3.05, 3.63) is 34.9 Å². The highest BCUT2D eigenvalue weighted by atomic mass is 35.5. The van der Waals surface area contributed by atoms with Gasteiger partial charge in [-0.1, -0.05) is 44.5 Å². The molecule has 0 aliphatic carbocycles. The van der Waals surface area contributed by atoms with Gasteiger partial charge in [0.05, 0.1) is 0 Å². The Morgan fingerprint density at radius 2 is 1.75 bits per heavy atom. The van der Waals surface area contributed by atoms with Crippen molar-refractivity contribution >= 4 is 11.6 Å². The van der Waals surface area contributed by atoms with Gasteiger partial charge >= 0.3 is 0 Å². The molecule has 1 rings (SSSR count). The van der Waals surface area contributed by atoms with Gasteiger partial charge in [0.25, 0.3) is 0 Å². The Morgan fingerprint density at radius 1 is 1.15 bits per heavy atom. The minimum absolute atomic E-state index is 0.399. The van der Waals surface area contributed by atoms with Crippen LogP contribution in [0.2, 0.25) is 5.02 Å². The van der Waals surface area contributed by atoms with Gasteiger partial charge in [-0.15, -0.1) is 0 Å². The molecule has 1 N–H and O–H groups in total. The van der Waals surface area contributed by atoms with Crippen LogP contribution in [0.4, 0.5) is 0 Å². The lowest BCUT2D eigenvalue weighted by atomic mass is 9.99. The van der Waals surface area contributed by atoms with Crippen molar-refractivity contribution in [2.24, 2.45) is 5.92 Å². The first kappa shape index (κ1) is 17.5. The van der Waals surface area contributed by atoms with E-state index in [1.54, 1.807) is 0 Å². The summed E-state index contributed by atoms with van der Waals surface area (Å²) in [7, 11) is 4.27. The zero-order valence-electron chi connectivity index (χ0n) is 13.5. The smallest absolute Gasteiger partial charge is 0.0406 e. The van der Waals surface area contributed by atoms with Crippen molar-refractivity contribution in [3.63, 3.8) is 0 Å². The van der Waals surface area contributed by atoms with E-state index in [4.69, 9.17) is 11.6 Å². The molecule has 0 heterocycles. The van der Waals surface area contributed by atoms with Crippen LogP contribution in [0.25, 0.3) is 0 Å². The van der Waals surface area contributed by atoms with Gasteiger partial charge in [0.15, 0.2) is 0 Å². The van der Waals surface area contributed by atoms with E-state index < -0.39 is 0 Å². The predicted molar refractivity (Wildman–Crippen MR) is 89.4 cm³/mol. The summed E-state index contributed by atoms with van der Waals surface area (Å²) in [6.07, 6.45) is 2.28. The zero-order valence-corrected chi connectivity index (χ0v) is 14.2. The van der Waals surface area contributed by atoms with Crippen LogP contribution < -0.4 is 5.32 Å². The SMILES string of the molecule is CCC(NC(CC(C)C)CN(C)C)c1ccc(Cl)cc1. The van der Waals surface area contributed by atoms with E-state index in [0.29, 0.717) is 18.0 Å². The molecule has 1 aromatic carbocycles. The quantitative estimate of drug-likeness (QED) is 0.767. The van der Waals surface area contributed by atoms with Crippen LogP contribution in [0.5, 0.6) is 0 Å². The molecule has 2 unspecified atom stereocenters. The summed E-state index contributed by atoms with van der Waals surface area (Å²) in [5.74, 6) is 0.704. The van der Waals surface area contributed by atoms with E-state index >= 15 is 0 Å². The lowest BCUT2D eigenvalue weighted by Gasteiger charge is -2.29. The van der Waals surface area contributed by atoms with Gasteiger partial charge in [-0.2, -0.15) is 0 Å². The molecular weight excluding hydrogens is 268 g/mol. The van der Waals surface area contributed by atoms with Crippen molar-refractivity contribution in [2.75, 3.05) is 20.6 Å². The summed E-state index contributed by atoms with van der Waals surface area (Å²) in [4.78, 5) is 2.26. The van der Waals surface area contributed by atoms with Crippen molar-refractivity contribution in [2.45, 2.75) is 45.7 Å². The maximum absolute atomic E-state index is 5.98. The minimum atomic E-state index is 0.399. The number of hydrogen-bond acceptors (Lipinski definition) is 2. The number of likely N-dealkylation sites (N-methyl/N-ethyl adjacent to an activating group) is 1. The molecule has 0 radical (unpaired) electrons. The lowest BCUT2D eigenvalue weighted by molar-refractivity contribution is 0.284. The van der Waals surface area contributed by atoms with Gasteiger partial charge in [0.2, 0.25) is 0 Å². The fraction of sp³-hybridized carbons (Fsp3) is 0.647. The Hall–Kier alpha value is -0.570. The number of hydrogen-bond donors (Lipinski definition) is 1.